The number of rotatable bonds is 11. The largest absolute Gasteiger partial charge is 0.345 e. The van der Waals surface area contributed by atoms with E-state index in [9.17, 15) is 9.18 Å². The molecule has 4 rings (SSSR count). The third kappa shape index (κ3) is 6.76. The lowest BCUT2D eigenvalue weighted by Gasteiger charge is -2.28. The van der Waals surface area contributed by atoms with Gasteiger partial charge in [0, 0.05) is 37.0 Å². The average Bonchev–Trinajstić information content (AvgIpc) is 3.37. The maximum absolute atomic E-state index is 13.2. The van der Waals surface area contributed by atoms with Crippen LogP contribution in [0.25, 0.3) is 0 Å². The van der Waals surface area contributed by atoms with Crippen LogP contribution < -0.4 is 10.2 Å². The third-order valence-corrected chi connectivity index (χ3v) is 7.04. The van der Waals surface area contributed by atoms with Crippen molar-refractivity contribution in [3.63, 3.8) is 0 Å². The van der Waals surface area contributed by atoms with Crippen molar-refractivity contribution in [2.75, 3.05) is 11.4 Å². The van der Waals surface area contributed by atoms with Crippen LogP contribution in [0.15, 0.2) is 84.9 Å². The summed E-state index contributed by atoms with van der Waals surface area (Å²) in [5.41, 5.74) is 3.05. The number of anilines is 1. The zero-order valence-electron chi connectivity index (χ0n) is 20.6. The molecule has 0 radical (unpaired) electrons. The molecule has 0 saturated heterocycles. The van der Waals surface area contributed by atoms with E-state index in [1.54, 1.807) is 12.1 Å². The molecule has 0 aliphatic rings. The first-order chi connectivity index (χ1) is 17.5. The molecule has 0 saturated carbocycles. The Bertz CT molecular complexity index is 1190. The summed E-state index contributed by atoms with van der Waals surface area (Å²) in [6, 6.07) is 26.4. The molecule has 5 nitrogen and oxygen atoms in total. The van der Waals surface area contributed by atoms with Crippen LogP contribution in [0.5, 0.6) is 0 Å². The molecular formula is C29H31FN4OS. The smallest absolute Gasteiger partial charge is 0.222 e. The van der Waals surface area contributed by atoms with Crippen LogP contribution in [-0.2, 0) is 11.2 Å². The first kappa shape index (κ1) is 25.5. The highest BCUT2D eigenvalue weighted by Crippen LogP contribution is 2.24. The van der Waals surface area contributed by atoms with E-state index in [4.69, 9.17) is 4.98 Å². The van der Waals surface area contributed by atoms with Gasteiger partial charge in [0.05, 0.1) is 6.04 Å². The highest BCUT2D eigenvalue weighted by molar-refractivity contribution is 7.09. The summed E-state index contributed by atoms with van der Waals surface area (Å²) in [6.45, 7) is 4.80. The minimum absolute atomic E-state index is 0.0166. The van der Waals surface area contributed by atoms with Crippen LogP contribution in [0, 0.1) is 5.82 Å². The van der Waals surface area contributed by atoms with Crippen LogP contribution >= 0.6 is 11.5 Å². The van der Waals surface area contributed by atoms with Crippen molar-refractivity contribution in [1.29, 1.82) is 0 Å². The lowest BCUT2D eigenvalue weighted by molar-refractivity contribution is -0.121. The molecule has 36 heavy (non-hydrogen) atoms. The van der Waals surface area contributed by atoms with Gasteiger partial charge in [0.25, 0.3) is 0 Å². The fourth-order valence-electron chi connectivity index (χ4n) is 4.05. The normalized spacial score (nSPS) is 11.9. The van der Waals surface area contributed by atoms with Gasteiger partial charge in [0.2, 0.25) is 11.0 Å². The van der Waals surface area contributed by atoms with Crippen LogP contribution in [-0.4, -0.2) is 27.9 Å². The topological polar surface area (TPSA) is 58.1 Å². The number of amides is 1. The molecule has 0 aliphatic carbocycles. The monoisotopic (exact) mass is 502 g/mol. The number of halogens is 1. The number of aromatic nitrogens is 2. The number of nitrogens with one attached hydrogen (secondary N) is 1. The SMILES string of the molecule is CCC(C)N(CCC(=O)NC(c1ccccc1)c1ccccc1)c1nc(Cc2ccc(F)cc2)ns1. The van der Waals surface area contributed by atoms with Gasteiger partial charge in [-0.3, -0.25) is 4.79 Å². The van der Waals surface area contributed by atoms with Crippen molar-refractivity contribution in [3.05, 3.63) is 113 Å². The van der Waals surface area contributed by atoms with Gasteiger partial charge in [-0.1, -0.05) is 79.7 Å². The molecule has 4 aromatic rings. The Morgan fingerprint density at radius 2 is 1.58 bits per heavy atom. The molecule has 1 amide bonds. The number of hydrogen-bond donors (Lipinski definition) is 1. The fourth-order valence-corrected chi connectivity index (χ4v) is 4.86. The van der Waals surface area contributed by atoms with Gasteiger partial charge < -0.3 is 10.2 Å². The Morgan fingerprint density at radius 3 is 2.17 bits per heavy atom. The van der Waals surface area contributed by atoms with Crippen molar-refractivity contribution in [1.82, 2.24) is 14.7 Å². The zero-order chi connectivity index (χ0) is 25.3. The van der Waals surface area contributed by atoms with Crippen molar-refractivity contribution in [2.24, 2.45) is 0 Å². The number of hydrogen-bond acceptors (Lipinski definition) is 5. The Hall–Kier alpha value is -3.58. The van der Waals surface area contributed by atoms with E-state index in [0.29, 0.717) is 25.2 Å². The van der Waals surface area contributed by atoms with E-state index in [2.05, 4.69) is 28.4 Å². The summed E-state index contributed by atoms with van der Waals surface area (Å²) >= 11 is 1.34. The molecule has 3 aromatic carbocycles. The molecule has 0 aliphatic heterocycles. The van der Waals surface area contributed by atoms with E-state index in [-0.39, 0.29) is 23.8 Å². The lowest BCUT2D eigenvalue weighted by Crippen LogP contribution is -2.37. The molecule has 7 heteroatoms. The molecule has 1 N–H and O–H groups in total. The Labute approximate surface area is 216 Å². The van der Waals surface area contributed by atoms with Crippen LogP contribution in [0.3, 0.4) is 0 Å². The summed E-state index contributed by atoms with van der Waals surface area (Å²) in [7, 11) is 0. The third-order valence-electron chi connectivity index (χ3n) is 6.25. The molecule has 186 valence electrons. The van der Waals surface area contributed by atoms with Gasteiger partial charge in [0.1, 0.15) is 11.6 Å². The second-order valence-corrected chi connectivity index (χ2v) is 9.55. The minimum Gasteiger partial charge on any atom is -0.345 e. The summed E-state index contributed by atoms with van der Waals surface area (Å²) < 4.78 is 17.7. The number of carbonyl (C=O) groups excluding carboxylic acids is 1. The van der Waals surface area contributed by atoms with Gasteiger partial charge >= 0.3 is 0 Å². The highest BCUT2D eigenvalue weighted by Gasteiger charge is 2.21. The molecule has 1 heterocycles. The summed E-state index contributed by atoms with van der Waals surface area (Å²) in [5, 5.41) is 4.03. The lowest BCUT2D eigenvalue weighted by atomic mass is 9.98. The molecule has 0 spiro atoms. The van der Waals surface area contributed by atoms with Gasteiger partial charge in [0.15, 0.2) is 0 Å². The van der Waals surface area contributed by atoms with E-state index >= 15 is 0 Å². The van der Waals surface area contributed by atoms with Gasteiger partial charge in [-0.15, -0.1) is 0 Å². The molecule has 0 bridgehead atoms. The summed E-state index contributed by atoms with van der Waals surface area (Å²) in [4.78, 5) is 20.0. The van der Waals surface area contributed by atoms with Gasteiger partial charge in [-0.25, -0.2) is 9.37 Å². The van der Waals surface area contributed by atoms with Crippen molar-refractivity contribution in [2.45, 2.75) is 45.2 Å². The van der Waals surface area contributed by atoms with Gasteiger partial charge in [-0.2, -0.15) is 4.37 Å². The van der Waals surface area contributed by atoms with E-state index in [1.807, 2.05) is 60.7 Å². The maximum Gasteiger partial charge on any atom is 0.222 e. The molecular weight excluding hydrogens is 471 g/mol. The minimum atomic E-state index is -0.256. The molecule has 0 fully saturated rings. The predicted octanol–water partition coefficient (Wildman–Crippen LogP) is 6.17. The number of nitrogens with zero attached hydrogens (tertiary/aromatic N) is 3. The van der Waals surface area contributed by atoms with Crippen molar-refractivity contribution in [3.8, 4) is 0 Å². The predicted molar refractivity (Wildman–Crippen MR) is 144 cm³/mol. The zero-order valence-corrected chi connectivity index (χ0v) is 21.4. The first-order valence-corrected chi connectivity index (χ1v) is 13.0. The van der Waals surface area contributed by atoms with Crippen LogP contribution in [0.4, 0.5) is 9.52 Å². The van der Waals surface area contributed by atoms with Crippen LogP contribution in [0.1, 0.15) is 55.2 Å². The number of carbonyl (C=O) groups is 1. The Kier molecular flexibility index (Phi) is 8.79. The number of benzene rings is 3. The molecule has 1 aromatic heterocycles. The second-order valence-electron chi connectivity index (χ2n) is 8.82. The summed E-state index contributed by atoms with van der Waals surface area (Å²) in [5.74, 6) is 0.429. The second kappa shape index (κ2) is 12.4. The molecule has 1 unspecified atom stereocenters. The standard InChI is InChI=1S/C29H31FN4OS/c1-3-21(2)34(29-31-26(33-36-29)20-22-14-16-25(30)17-15-22)19-18-27(35)32-28(23-10-6-4-7-11-23)24-12-8-5-9-13-24/h4-17,21,28H,3,18-20H2,1-2H3,(H,32,35). The van der Waals surface area contributed by atoms with E-state index in [1.165, 1.54) is 23.7 Å². The summed E-state index contributed by atoms with van der Waals surface area (Å²) in [6.07, 6.45) is 1.81. The van der Waals surface area contributed by atoms with Crippen molar-refractivity contribution < 1.29 is 9.18 Å². The Morgan fingerprint density at radius 1 is 0.972 bits per heavy atom. The first-order valence-electron chi connectivity index (χ1n) is 12.3. The van der Waals surface area contributed by atoms with Crippen molar-refractivity contribution >= 4 is 22.6 Å². The van der Waals surface area contributed by atoms with E-state index in [0.717, 1.165) is 28.2 Å². The quantitative estimate of drug-likeness (QED) is 0.267. The molecule has 1 atom stereocenters. The van der Waals surface area contributed by atoms with Crippen LogP contribution in [0.2, 0.25) is 0 Å². The fraction of sp³-hybridized carbons (Fsp3) is 0.276. The van der Waals surface area contributed by atoms with Gasteiger partial charge in [-0.05, 0) is 42.2 Å². The van der Waals surface area contributed by atoms with E-state index < -0.39 is 0 Å². The highest BCUT2D eigenvalue weighted by atomic mass is 32.1. The average molecular weight is 503 g/mol. The maximum atomic E-state index is 13.2. The Balaban J connectivity index is 1.43.